The second-order valence-corrected chi connectivity index (χ2v) is 7.13. The van der Waals surface area contributed by atoms with Crippen molar-refractivity contribution in [1.29, 1.82) is 0 Å². The monoisotopic (exact) mass is 350 g/mol. The number of rotatable bonds is 4. The van der Waals surface area contributed by atoms with Crippen LogP contribution >= 0.6 is 0 Å². The Morgan fingerprint density at radius 1 is 0.800 bits per heavy atom. The summed E-state index contributed by atoms with van der Waals surface area (Å²) in [6, 6.07) is 22.7. The van der Waals surface area contributed by atoms with Gasteiger partial charge in [0.05, 0.1) is 16.1 Å². The van der Waals surface area contributed by atoms with Crippen LogP contribution in [0.15, 0.2) is 88.2 Å². The van der Waals surface area contributed by atoms with Gasteiger partial charge in [-0.15, -0.1) is 0 Å². The summed E-state index contributed by atoms with van der Waals surface area (Å²) in [5.74, 6) is 0.368. The molecule has 25 heavy (non-hydrogen) atoms. The maximum absolute atomic E-state index is 12.6. The van der Waals surface area contributed by atoms with Gasteiger partial charge >= 0.3 is 0 Å². The van der Waals surface area contributed by atoms with Crippen molar-refractivity contribution in [3.05, 3.63) is 78.9 Å². The summed E-state index contributed by atoms with van der Waals surface area (Å²) in [6.45, 7) is 0. The lowest BCUT2D eigenvalue weighted by Gasteiger charge is -2.10. The van der Waals surface area contributed by atoms with Gasteiger partial charge in [-0.1, -0.05) is 42.5 Å². The topological polar surface area (TPSA) is 72.2 Å². The molecule has 0 amide bonds. The van der Waals surface area contributed by atoms with E-state index in [1.165, 1.54) is 0 Å². The highest BCUT2D eigenvalue weighted by Crippen LogP contribution is 2.31. The number of oxazole rings is 1. The average molecular weight is 350 g/mol. The maximum Gasteiger partial charge on any atom is 0.261 e. The summed E-state index contributed by atoms with van der Waals surface area (Å²) in [5, 5.41) is 0. The van der Waals surface area contributed by atoms with Crippen molar-refractivity contribution in [2.24, 2.45) is 0 Å². The Morgan fingerprint density at radius 2 is 1.48 bits per heavy atom. The molecule has 124 valence electrons. The van der Waals surface area contributed by atoms with Crippen LogP contribution < -0.4 is 4.72 Å². The molecule has 4 aromatic rings. The fourth-order valence-electron chi connectivity index (χ4n) is 2.55. The van der Waals surface area contributed by atoms with Crippen molar-refractivity contribution in [2.75, 3.05) is 4.72 Å². The molecule has 0 aliphatic heterocycles. The molecule has 0 aliphatic rings. The predicted octanol–water partition coefficient (Wildman–Crippen LogP) is 4.30. The minimum absolute atomic E-state index is 0.197. The zero-order valence-corrected chi connectivity index (χ0v) is 13.9. The number of fused-ring (bicyclic) bond motifs is 1. The van der Waals surface area contributed by atoms with E-state index in [1.807, 2.05) is 30.3 Å². The lowest BCUT2D eigenvalue weighted by molar-refractivity contribution is 0.601. The number of sulfonamides is 1. The second-order valence-electron chi connectivity index (χ2n) is 5.45. The molecule has 6 heteroatoms. The molecule has 0 aliphatic carbocycles. The lowest BCUT2D eigenvalue weighted by Crippen LogP contribution is -2.13. The number of para-hydroxylation sites is 3. The number of hydrogen-bond acceptors (Lipinski definition) is 4. The lowest BCUT2D eigenvalue weighted by atomic mass is 10.2. The Labute approximate surface area is 145 Å². The summed E-state index contributed by atoms with van der Waals surface area (Å²) in [7, 11) is -3.69. The van der Waals surface area contributed by atoms with E-state index in [-0.39, 0.29) is 4.90 Å². The molecule has 1 aromatic heterocycles. The molecule has 0 saturated heterocycles. The molecule has 0 saturated carbocycles. The SMILES string of the molecule is O=S(=O)(Nc1ccccc1-c1nc2ccccc2o1)c1ccccc1. The second kappa shape index (κ2) is 6.07. The van der Waals surface area contributed by atoms with Crippen molar-refractivity contribution < 1.29 is 12.8 Å². The van der Waals surface area contributed by atoms with Crippen molar-refractivity contribution in [1.82, 2.24) is 4.98 Å². The number of benzene rings is 3. The van der Waals surface area contributed by atoms with Crippen LogP contribution in [-0.2, 0) is 10.0 Å². The van der Waals surface area contributed by atoms with Gasteiger partial charge in [-0.2, -0.15) is 0 Å². The average Bonchev–Trinajstić information content (AvgIpc) is 3.06. The fraction of sp³-hybridized carbons (Fsp3) is 0. The van der Waals surface area contributed by atoms with E-state index in [1.54, 1.807) is 48.5 Å². The zero-order valence-electron chi connectivity index (χ0n) is 13.1. The Bertz CT molecular complexity index is 1100. The number of anilines is 1. The zero-order chi connectivity index (χ0) is 17.3. The molecule has 1 heterocycles. The maximum atomic E-state index is 12.6. The summed E-state index contributed by atoms with van der Waals surface area (Å²) < 4.78 is 33.6. The molecule has 0 fully saturated rings. The van der Waals surface area contributed by atoms with Crippen LogP contribution in [0.3, 0.4) is 0 Å². The van der Waals surface area contributed by atoms with Gasteiger partial charge in [0.15, 0.2) is 5.58 Å². The highest BCUT2D eigenvalue weighted by atomic mass is 32.2. The number of aromatic nitrogens is 1. The molecule has 0 atom stereocenters. The van der Waals surface area contributed by atoms with E-state index in [9.17, 15) is 8.42 Å². The van der Waals surface area contributed by atoms with Crippen LogP contribution in [-0.4, -0.2) is 13.4 Å². The summed E-state index contributed by atoms with van der Waals surface area (Å²) in [6.07, 6.45) is 0. The molecular weight excluding hydrogens is 336 g/mol. The minimum Gasteiger partial charge on any atom is -0.436 e. The summed E-state index contributed by atoms with van der Waals surface area (Å²) in [4.78, 5) is 4.64. The molecule has 4 rings (SSSR count). The molecule has 0 unspecified atom stereocenters. The third-order valence-corrected chi connectivity index (χ3v) is 5.13. The first-order valence-electron chi connectivity index (χ1n) is 7.66. The highest BCUT2D eigenvalue weighted by molar-refractivity contribution is 7.92. The van der Waals surface area contributed by atoms with Crippen LogP contribution in [0, 0.1) is 0 Å². The van der Waals surface area contributed by atoms with Gasteiger partial charge in [0.2, 0.25) is 5.89 Å². The van der Waals surface area contributed by atoms with Crippen LogP contribution in [0.2, 0.25) is 0 Å². The third kappa shape index (κ3) is 2.99. The van der Waals surface area contributed by atoms with Gasteiger partial charge < -0.3 is 4.42 Å². The van der Waals surface area contributed by atoms with Gasteiger partial charge in [-0.3, -0.25) is 4.72 Å². The first kappa shape index (κ1) is 15.4. The molecule has 0 radical (unpaired) electrons. The Hall–Kier alpha value is -3.12. The van der Waals surface area contributed by atoms with Crippen molar-refractivity contribution in [2.45, 2.75) is 4.90 Å². The standard InChI is InChI=1S/C19H14N2O3S/c22-25(23,14-8-2-1-3-9-14)21-16-11-5-4-10-15(16)19-20-17-12-6-7-13-18(17)24-19/h1-13,21H. The van der Waals surface area contributed by atoms with Gasteiger partial charge in [0.25, 0.3) is 10.0 Å². The quantitative estimate of drug-likeness (QED) is 0.596. The van der Waals surface area contributed by atoms with Gasteiger partial charge in [0, 0.05) is 0 Å². The van der Waals surface area contributed by atoms with Gasteiger partial charge in [-0.05, 0) is 36.4 Å². The summed E-state index contributed by atoms with van der Waals surface area (Å²) >= 11 is 0. The number of nitrogens with zero attached hydrogens (tertiary/aromatic N) is 1. The van der Waals surface area contributed by atoms with Crippen LogP contribution in [0.5, 0.6) is 0 Å². The predicted molar refractivity (Wildman–Crippen MR) is 96.7 cm³/mol. The van der Waals surface area contributed by atoms with E-state index in [0.717, 1.165) is 5.52 Å². The Balaban J connectivity index is 1.77. The van der Waals surface area contributed by atoms with Gasteiger partial charge in [0.1, 0.15) is 5.52 Å². The molecule has 3 aromatic carbocycles. The Morgan fingerprint density at radius 3 is 2.28 bits per heavy atom. The molecule has 5 nitrogen and oxygen atoms in total. The molecular formula is C19H14N2O3S. The van der Waals surface area contributed by atoms with E-state index in [4.69, 9.17) is 4.42 Å². The van der Waals surface area contributed by atoms with E-state index >= 15 is 0 Å². The minimum atomic E-state index is -3.69. The third-order valence-electron chi connectivity index (χ3n) is 3.75. The number of hydrogen-bond donors (Lipinski definition) is 1. The number of nitrogens with one attached hydrogen (secondary N) is 1. The van der Waals surface area contributed by atoms with Crippen LogP contribution in [0.1, 0.15) is 0 Å². The smallest absolute Gasteiger partial charge is 0.261 e. The Kier molecular flexibility index (Phi) is 3.74. The normalized spacial score (nSPS) is 11.5. The van der Waals surface area contributed by atoms with Crippen LogP contribution in [0.25, 0.3) is 22.6 Å². The first-order chi connectivity index (χ1) is 12.1. The molecule has 1 N–H and O–H groups in total. The fourth-order valence-corrected chi connectivity index (χ4v) is 3.65. The molecule has 0 bridgehead atoms. The van der Waals surface area contributed by atoms with Crippen molar-refractivity contribution in [3.8, 4) is 11.5 Å². The van der Waals surface area contributed by atoms with E-state index < -0.39 is 10.0 Å². The summed E-state index contributed by atoms with van der Waals surface area (Å²) in [5.41, 5.74) is 2.37. The molecule has 0 spiro atoms. The first-order valence-corrected chi connectivity index (χ1v) is 9.15. The van der Waals surface area contributed by atoms with Gasteiger partial charge in [-0.25, -0.2) is 13.4 Å². The largest absolute Gasteiger partial charge is 0.436 e. The van der Waals surface area contributed by atoms with E-state index in [0.29, 0.717) is 22.7 Å². The highest BCUT2D eigenvalue weighted by Gasteiger charge is 2.18. The van der Waals surface area contributed by atoms with Crippen molar-refractivity contribution >= 4 is 26.8 Å². The van der Waals surface area contributed by atoms with Crippen molar-refractivity contribution in [3.63, 3.8) is 0 Å². The van der Waals surface area contributed by atoms with Crippen LogP contribution in [0.4, 0.5) is 5.69 Å². The van der Waals surface area contributed by atoms with E-state index in [2.05, 4.69) is 9.71 Å².